The van der Waals surface area contributed by atoms with E-state index < -0.39 is 0 Å². The van der Waals surface area contributed by atoms with E-state index in [0.29, 0.717) is 23.0 Å². The van der Waals surface area contributed by atoms with E-state index in [9.17, 15) is 4.79 Å². The van der Waals surface area contributed by atoms with Crippen molar-refractivity contribution in [2.45, 2.75) is 37.5 Å². The molecule has 6 nitrogen and oxygen atoms in total. The lowest BCUT2D eigenvalue weighted by Gasteiger charge is -2.16. The standard InChI is InChI=1S/C15H18N4O2S/c1-10-4-2-6-12(10)17-13(20)9-22-15-18-14(19-21-15)11-5-3-7-16-8-11/h3,5,7-8,10,12H,2,4,6,9H2,1H3,(H,17,20)/t10-,12-/m1/s1. The average molecular weight is 318 g/mol. The lowest BCUT2D eigenvalue weighted by molar-refractivity contribution is -0.119. The third kappa shape index (κ3) is 3.65. The van der Waals surface area contributed by atoms with Crippen LogP contribution in [0, 0.1) is 5.92 Å². The number of carbonyl (C=O) groups is 1. The molecule has 1 N–H and O–H groups in total. The highest BCUT2D eigenvalue weighted by Crippen LogP contribution is 2.25. The summed E-state index contributed by atoms with van der Waals surface area (Å²) in [6, 6.07) is 3.98. The van der Waals surface area contributed by atoms with Gasteiger partial charge in [0.2, 0.25) is 11.7 Å². The quantitative estimate of drug-likeness (QED) is 0.853. The molecule has 3 rings (SSSR count). The van der Waals surface area contributed by atoms with Crippen molar-refractivity contribution in [3.05, 3.63) is 24.5 Å². The van der Waals surface area contributed by atoms with Crippen molar-refractivity contribution in [2.24, 2.45) is 5.92 Å². The maximum absolute atomic E-state index is 12.0. The summed E-state index contributed by atoms with van der Waals surface area (Å²) in [6.45, 7) is 2.18. The number of nitrogens with zero attached hydrogens (tertiary/aromatic N) is 3. The van der Waals surface area contributed by atoms with Crippen LogP contribution in [0.2, 0.25) is 0 Å². The topological polar surface area (TPSA) is 80.9 Å². The van der Waals surface area contributed by atoms with Crippen molar-refractivity contribution < 1.29 is 9.32 Å². The number of rotatable bonds is 5. The number of thioether (sulfide) groups is 1. The van der Waals surface area contributed by atoms with Gasteiger partial charge in [-0.3, -0.25) is 9.78 Å². The number of carbonyl (C=O) groups excluding carboxylic acids is 1. The first-order chi connectivity index (χ1) is 10.7. The third-order valence-electron chi connectivity index (χ3n) is 3.86. The number of hydrogen-bond acceptors (Lipinski definition) is 6. The summed E-state index contributed by atoms with van der Waals surface area (Å²) in [5.74, 6) is 1.36. The van der Waals surface area contributed by atoms with E-state index >= 15 is 0 Å². The van der Waals surface area contributed by atoms with E-state index in [1.807, 2.05) is 12.1 Å². The normalized spacial score (nSPS) is 21.0. The van der Waals surface area contributed by atoms with Crippen molar-refractivity contribution >= 4 is 17.7 Å². The molecule has 116 valence electrons. The first-order valence-electron chi connectivity index (χ1n) is 7.38. The number of aromatic nitrogens is 3. The zero-order valence-electron chi connectivity index (χ0n) is 12.4. The zero-order valence-corrected chi connectivity index (χ0v) is 13.2. The molecule has 0 bridgehead atoms. The first-order valence-corrected chi connectivity index (χ1v) is 8.37. The van der Waals surface area contributed by atoms with Gasteiger partial charge < -0.3 is 9.84 Å². The minimum atomic E-state index is 0.0184. The molecular weight excluding hydrogens is 300 g/mol. The van der Waals surface area contributed by atoms with E-state index in [2.05, 4.69) is 27.4 Å². The van der Waals surface area contributed by atoms with Gasteiger partial charge in [-0.1, -0.05) is 30.3 Å². The van der Waals surface area contributed by atoms with Crippen molar-refractivity contribution in [3.8, 4) is 11.4 Å². The fraction of sp³-hybridized carbons (Fsp3) is 0.467. The molecule has 1 fully saturated rings. The predicted molar refractivity (Wildman–Crippen MR) is 83.2 cm³/mol. The van der Waals surface area contributed by atoms with Crippen molar-refractivity contribution in [3.63, 3.8) is 0 Å². The van der Waals surface area contributed by atoms with E-state index in [1.165, 1.54) is 24.6 Å². The monoisotopic (exact) mass is 318 g/mol. The molecule has 1 aliphatic rings. The molecule has 2 heterocycles. The molecular formula is C15H18N4O2S. The molecule has 2 aromatic rings. The number of nitrogens with one attached hydrogen (secondary N) is 1. The molecule has 0 unspecified atom stereocenters. The Bertz CT molecular complexity index is 631. The fourth-order valence-corrected chi connectivity index (χ4v) is 3.19. The van der Waals surface area contributed by atoms with Crippen molar-refractivity contribution in [1.82, 2.24) is 20.4 Å². The average Bonchev–Trinajstić information content (AvgIpc) is 3.16. The lowest BCUT2D eigenvalue weighted by Crippen LogP contribution is -2.37. The Balaban J connectivity index is 1.51. The molecule has 0 aliphatic heterocycles. The Hall–Kier alpha value is -1.89. The first kappa shape index (κ1) is 15.0. The molecule has 0 radical (unpaired) electrons. The number of hydrogen-bond donors (Lipinski definition) is 1. The molecule has 22 heavy (non-hydrogen) atoms. The largest absolute Gasteiger partial charge is 0.352 e. The molecule has 1 amide bonds. The van der Waals surface area contributed by atoms with Crippen LogP contribution >= 0.6 is 11.8 Å². The summed E-state index contributed by atoms with van der Waals surface area (Å²) in [4.78, 5) is 20.2. The second-order valence-corrected chi connectivity index (χ2v) is 6.42. The van der Waals surface area contributed by atoms with Gasteiger partial charge in [0.15, 0.2) is 0 Å². The Labute approximate surface area is 133 Å². The fourth-order valence-electron chi connectivity index (χ4n) is 2.62. The Morgan fingerprint density at radius 3 is 3.14 bits per heavy atom. The lowest BCUT2D eigenvalue weighted by atomic mass is 10.1. The van der Waals surface area contributed by atoms with Gasteiger partial charge in [-0.25, -0.2) is 0 Å². The summed E-state index contributed by atoms with van der Waals surface area (Å²) in [5.41, 5.74) is 0.794. The van der Waals surface area contributed by atoms with E-state index in [0.717, 1.165) is 12.0 Å². The summed E-state index contributed by atoms with van der Waals surface area (Å²) >= 11 is 1.26. The maximum atomic E-state index is 12.0. The molecule has 2 atom stereocenters. The molecule has 2 aromatic heterocycles. The van der Waals surface area contributed by atoms with Crippen LogP contribution in [0.1, 0.15) is 26.2 Å². The second kappa shape index (κ2) is 6.91. The highest BCUT2D eigenvalue weighted by atomic mass is 32.2. The van der Waals surface area contributed by atoms with Crippen LogP contribution in [0.15, 0.2) is 34.3 Å². The van der Waals surface area contributed by atoms with Crippen molar-refractivity contribution in [1.29, 1.82) is 0 Å². The van der Waals surface area contributed by atoms with Crippen molar-refractivity contribution in [2.75, 3.05) is 5.75 Å². The van der Waals surface area contributed by atoms with Gasteiger partial charge in [0.1, 0.15) is 0 Å². The van der Waals surface area contributed by atoms with Gasteiger partial charge in [-0.2, -0.15) is 4.98 Å². The maximum Gasteiger partial charge on any atom is 0.286 e. The minimum Gasteiger partial charge on any atom is -0.352 e. The number of amides is 1. The summed E-state index contributed by atoms with van der Waals surface area (Å²) in [5, 5.41) is 7.38. The highest BCUT2D eigenvalue weighted by Gasteiger charge is 2.24. The minimum absolute atomic E-state index is 0.0184. The third-order valence-corrected chi connectivity index (χ3v) is 4.68. The summed E-state index contributed by atoms with van der Waals surface area (Å²) in [6.07, 6.45) is 6.82. The molecule has 1 saturated carbocycles. The van der Waals surface area contributed by atoms with Crippen LogP contribution < -0.4 is 5.32 Å². The van der Waals surface area contributed by atoms with Crippen LogP contribution in [0.5, 0.6) is 0 Å². The summed E-state index contributed by atoms with van der Waals surface area (Å²) in [7, 11) is 0. The van der Waals surface area contributed by atoms with Gasteiger partial charge >= 0.3 is 0 Å². The SMILES string of the molecule is C[C@@H]1CCC[C@H]1NC(=O)CSc1nc(-c2cccnc2)no1. The molecule has 1 aliphatic carbocycles. The van der Waals surface area contributed by atoms with Gasteiger partial charge in [-0.05, 0) is 30.9 Å². The number of pyridine rings is 1. The van der Waals surface area contributed by atoms with E-state index in [-0.39, 0.29) is 11.7 Å². The van der Waals surface area contributed by atoms with Crippen LogP contribution in [-0.2, 0) is 4.79 Å². The Kier molecular flexibility index (Phi) is 4.72. The van der Waals surface area contributed by atoms with Gasteiger partial charge in [0, 0.05) is 24.0 Å². The molecule has 0 saturated heterocycles. The van der Waals surface area contributed by atoms with E-state index in [1.54, 1.807) is 12.4 Å². The molecule has 0 spiro atoms. The molecule has 7 heteroatoms. The van der Waals surface area contributed by atoms with Gasteiger partial charge in [0.05, 0.1) is 5.75 Å². The van der Waals surface area contributed by atoms with Crippen LogP contribution in [0.4, 0.5) is 0 Å². The smallest absolute Gasteiger partial charge is 0.286 e. The van der Waals surface area contributed by atoms with Gasteiger partial charge in [0.25, 0.3) is 5.22 Å². The predicted octanol–water partition coefficient (Wildman–Crippen LogP) is 2.53. The van der Waals surface area contributed by atoms with Crippen LogP contribution in [0.25, 0.3) is 11.4 Å². The van der Waals surface area contributed by atoms with Gasteiger partial charge in [-0.15, -0.1) is 0 Å². The second-order valence-electron chi connectivity index (χ2n) is 5.50. The van der Waals surface area contributed by atoms with E-state index in [4.69, 9.17) is 4.52 Å². The highest BCUT2D eigenvalue weighted by molar-refractivity contribution is 7.99. The summed E-state index contributed by atoms with van der Waals surface area (Å²) < 4.78 is 5.15. The van der Waals surface area contributed by atoms with Crippen LogP contribution in [0.3, 0.4) is 0 Å². The zero-order chi connectivity index (χ0) is 15.4. The molecule has 0 aromatic carbocycles. The Morgan fingerprint density at radius 1 is 1.50 bits per heavy atom. The Morgan fingerprint density at radius 2 is 2.41 bits per heavy atom. The van der Waals surface area contributed by atoms with Crippen LogP contribution in [-0.4, -0.2) is 32.8 Å².